The van der Waals surface area contributed by atoms with Crippen LogP contribution in [0.4, 0.5) is 5.69 Å². The number of carbonyl (C=O) groups is 2. The van der Waals surface area contributed by atoms with Gasteiger partial charge in [-0.2, -0.15) is 4.37 Å². The van der Waals surface area contributed by atoms with Crippen LogP contribution in [0.25, 0.3) is 0 Å². The fourth-order valence-electron chi connectivity index (χ4n) is 2.05. The highest BCUT2D eigenvalue weighted by molar-refractivity contribution is 7.09. The van der Waals surface area contributed by atoms with Crippen molar-refractivity contribution in [3.63, 3.8) is 0 Å². The van der Waals surface area contributed by atoms with E-state index in [0.717, 1.165) is 17.1 Å². The van der Waals surface area contributed by atoms with E-state index in [-0.39, 0.29) is 22.2 Å². The number of benzene rings is 1. The Morgan fingerprint density at radius 3 is 2.72 bits per heavy atom. The number of nitrogens with one attached hydrogen (secondary N) is 2. The van der Waals surface area contributed by atoms with Crippen molar-refractivity contribution in [3.05, 3.63) is 40.4 Å². The van der Waals surface area contributed by atoms with Crippen LogP contribution in [0.5, 0.6) is 5.75 Å². The molecule has 0 saturated heterocycles. The summed E-state index contributed by atoms with van der Waals surface area (Å²) in [5.41, 5.74) is 7.00. The molecule has 2 aromatic rings. The summed E-state index contributed by atoms with van der Waals surface area (Å²) < 4.78 is 9.18. The van der Waals surface area contributed by atoms with E-state index in [1.807, 2.05) is 38.1 Å². The standard InChI is InChI=1S/C17H22N4O3S/c1-10(2)8-19-17(23)15-13(18)14(21-25-15)16(22)20-9-11-5-4-6-12(7-11)24-3/h4-7,10H,8-9,18H2,1-3H3,(H,19,23)(H,20,22). The maximum absolute atomic E-state index is 12.3. The number of carbonyl (C=O) groups excluding carboxylic acids is 2. The molecule has 25 heavy (non-hydrogen) atoms. The summed E-state index contributed by atoms with van der Waals surface area (Å²) in [5, 5.41) is 5.52. The second kappa shape index (κ2) is 8.48. The van der Waals surface area contributed by atoms with Crippen LogP contribution in [0.15, 0.2) is 24.3 Å². The molecule has 0 bridgehead atoms. The quantitative estimate of drug-likeness (QED) is 0.699. The molecule has 0 unspecified atom stereocenters. The molecule has 1 aromatic heterocycles. The lowest BCUT2D eigenvalue weighted by molar-refractivity contribution is 0.0946. The third-order valence-electron chi connectivity index (χ3n) is 3.41. The predicted octanol–water partition coefficient (Wildman–Crippen LogP) is 2.05. The summed E-state index contributed by atoms with van der Waals surface area (Å²) in [6.07, 6.45) is 0. The minimum absolute atomic E-state index is 0.0718. The Balaban J connectivity index is 2.01. The van der Waals surface area contributed by atoms with Gasteiger partial charge < -0.3 is 21.1 Å². The Kier molecular flexibility index (Phi) is 6.35. The molecule has 8 heteroatoms. The first-order valence-corrected chi connectivity index (χ1v) is 8.64. The van der Waals surface area contributed by atoms with E-state index in [4.69, 9.17) is 10.5 Å². The molecule has 0 fully saturated rings. The van der Waals surface area contributed by atoms with E-state index >= 15 is 0 Å². The molecule has 0 aliphatic heterocycles. The van der Waals surface area contributed by atoms with Crippen LogP contribution in [0, 0.1) is 5.92 Å². The maximum atomic E-state index is 12.3. The largest absolute Gasteiger partial charge is 0.497 e. The minimum Gasteiger partial charge on any atom is -0.497 e. The van der Waals surface area contributed by atoms with E-state index < -0.39 is 5.91 Å². The van der Waals surface area contributed by atoms with Gasteiger partial charge in [-0.25, -0.2) is 0 Å². The third kappa shape index (κ3) is 4.93. The monoisotopic (exact) mass is 362 g/mol. The van der Waals surface area contributed by atoms with Crippen LogP contribution in [0.1, 0.15) is 39.6 Å². The molecule has 134 valence electrons. The number of amides is 2. The van der Waals surface area contributed by atoms with E-state index in [1.165, 1.54) is 0 Å². The lowest BCUT2D eigenvalue weighted by atomic mass is 10.2. The van der Waals surface area contributed by atoms with Crippen LogP contribution in [-0.2, 0) is 6.54 Å². The molecule has 0 aliphatic rings. The topological polar surface area (TPSA) is 106 Å². The molecule has 2 amide bonds. The van der Waals surface area contributed by atoms with Crippen molar-refractivity contribution in [2.24, 2.45) is 5.92 Å². The van der Waals surface area contributed by atoms with Gasteiger partial charge in [0.05, 0.1) is 12.8 Å². The second-order valence-electron chi connectivity index (χ2n) is 5.91. The number of nitrogens with two attached hydrogens (primary N) is 1. The van der Waals surface area contributed by atoms with Crippen LogP contribution in [-0.4, -0.2) is 29.8 Å². The highest BCUT2D eigenvalue weighted by atomic mass is 32.1. The maximum Gasteiger partial charge on any atom is 0.273 e. The molecule has 7 nitrogen and oxygen atoms in total. The minimum atomic E-state index is -0.417. The molecule has 1 aromatic carbocycles. The van der Waals surface area contributed by atoms with Crippen LogP contribution >= 0.6 is 11.5 Å². The van der Waals surface area contributed by atoms with E-state index in [0.29, 0.717) is 24.8 Å². The number of aromatic nitrogens is 1. The van der Waals surface area contributed by atoms with E-state index in [1.54, 1.807) is 7.11 Å². The molecule has 0 atom stereocenters. The van der Waals surface area contributed by atoms with Gasteiger partial charge in [0.25, 0.3) is 11.8 Å². The highest BCUT2D eigenvalue weighted by Gasteiger charge is 2.21. The summed E-state index contributed by atoms with van der Waals surface area (Å²) in [6, 6.07) is 7.37. The summed E-state index contributed by atoms with van der Waals surface area (Å²) in [5.74, 6) is 0.308. The lowest BCUT2D eigenvalue weighted by Gasteiger charge is -2.07. The van der Waals surface area contributed by atoms with Crippen molar-refractivity contribution < 1.29 is 14.3 Å². The SMILES string of the molecule is COc1cccc(CNC(=O)c2nsc(C(=O)NCC(C)C)c2N)c1. The smallest absolute Gasteiger partial charge is 0.273 e. The van der Waals surface area contributed by atoms with Crippen molar-refractivity contribution >= 4 is 29.0 Å². The molecule has 0 spiro atoms. The first-order valence-electron chi connectivity index (χ1n) is 7.86. The molecule has 0 aliphatic carbocycles. The van der Waals surface area contributed by atoms with Crippen molar-refractivity contribution in [2.45, 2.75) is 20.4 Å². The van der Waals surface area contributed by atoms with Gasteiger partial charge in [0.2, 0.25) is 0 Å². The molecule has 2 rings (SSSR count). The molecule has 0 radical (unpaired) electrons. The Labute approximate surface area is 150 Å². The number of ether oxygens (including phenoxy) is 1. The summed E-state index contributed by atoms with van der Waals surface area (Å²) in [7, 11) is 1.58. The van der Waals surface area contributed by atoms with Crippen molar-refractivity contribution in [2.75, 3.05) is 19.4 Å². The number of nitrogens with zero attached hydrogens (tertiary/aromatic N) is 1. The van der Waals surface area contributed by atoms with Gasteiger partial charge in [0.1, 0.15) is 10.6 Å². The Bertz CT molecular complexity index is 758. The summed E-state index contributed by atoms with van der Waals surface area (Å²) in [4.78, 5) is 24.6. The van der Waals surface area contributed by atoms with Crippen LogP contribution in [0.2, 0.25) is 0 Å². The van der Waals surface area contributed by atoms with Gasteiger partial charge in [-0.3, -0.25) is 9.59 Å². The van der Waals surface area contributed by atoms with E-state index in [9.17, 15) is 9.59 Å². The second-order valence-corrected chi connectivity index (χ2v) is 6.69. The zero-order valence-electron chi connectivity index (χ0n) is 14.5. The van der Waals surface area contributed by atoms with Gasteiger partial charge in [-0.1, -0.05) is 26.0 Å². The van der Waals surface area contributed by atoms with Gasteiger partial charge >= 0.3 is 0 Å². The zero-order chi connectivity index (χ0) is 18.4. The lowest BCUT2D eigenvalue weighted by Crippen LogP contribution is -2.28. The van der Waals surface area contributed by atoms with Crippen molar-refractivity contribution in [3.8, 4) is 5.75 Å². The Hall–Kier alpha value is -2.61. The average Bonchev–Trinajstić information content (AvgIpc) is 2.99. The van der Waals surface area contributed by atoms with Crippen molar-refractivity contribution in [1.29, 1.82) is 0 Å². The Morgan fingerprint density at radius 2 is 2.04 bits per heavy atom. The number of rotatable bonds is 7. The number of nitrogen functional groups attached to an aromatic ring is 1. The van der Waals surface area contributed by atoms with Crippen LogP contribution in [0.3, 0.4) is 0 Å². The molecule has 1 heterocycles. The third-order valence-corrected chi connectivity index (χ3v) is 4.27. The number of hydrogen-bond acceptors (Lipinski definition) is 6. The van der Waals surface area contributed by atoms with Crippen LogP contribution < -0.4 is 21.1 Å². The zero-order valence-corrected chi connectivity index (χ0v) is 15.3. The summed E-state index contributed by atoms with van der Waals surface area (Å²) >= 11 is 0.924. The molecular formula is C17H22N4O3S. The first-order chi connectivity index (χ1) is 11.9. The predicted molar refractivity (Wildman–Crippen MR) is 97.9 cm³/mol. The number of anilines is 1. The Morgan fingerprint density at radius 1 is 1.28 bits per heavy atom. The summed E-state index contributed by atoms with van der Waals surface area (Å²) in [6.45, 7) is 4.83. The fourth-order valence-corrected chi connectivity index (χ4v) is 2.76. The van der Waals surface area contributed by atoms with Gasteiger partial charge in [-0.15, -0.1) is 0 Å². The van der Waals surface area contributed by atoms with Gasteiger partial charge in [-0.05, 0) is 35.1 Å². The van der Waals surface area contributed by atoms with E-state index in [2.05, 4.69) is 15.0 Å². The molecule has 4 N–H and O–H groups in total. The highest BCUT2D eigenvalue weighted by Crippen LogP contribution is 2.22. The molecule has 0 saturated carbocycles. The normalized spacial score (nSPS) is 10.6. The van der Waals surface area contributed by atoms with Gasteiger partial charge in [0.15, 0.2) is 5.69 Å². The fraction of sp³-hybridized carbons (Fsp3) is 0.353. The van der Waals surface area contributed by atoms with Gasteiger partial charge in [0, 0.05) is 13.1 Å². The number of hydrogen-bond donors (Lipinski definition) is 3. The average molecular weight is 362 g/mol. The first kappa shape index (κ1) is 18.7. The number of methoxy groups -OCH3 is 1. The molecular weight excluding hydrogens is 340 g/mol. The van der Waals surface area contributed by atoms with Crippen molar-refractivity contribution in [1.82, 2.24) is 15.0 Å².